The van der Waals surface area contributed by atoms with Crippen molar-refractivity contribution in [3.63, 3.8) is 0 Å². The van der Waals surface area contributed by atoms with Crippen molar-refractivity contribution in [1.29, 1.82) is 0 Å². The summed E-state index contributed by atoms with van der Waals surface area (Å²) >= 11 is 0. The Morgan fingerprint density at radius 1 is 1.06 bits per heavy atom. The van der Waals surface area contributed by atoms with Crippen molar-refractivity contribution < 1.29 is 41.0 Å². The highest BCUT2D eigenvalue weighted by Gasteiger charge is 2.31. The molecule has 3 aromatic rings. The largest absolute Gasteiger partial charge is 0.574 e. The van der Waals surface area contributed by atoms with Crippen LogP contribution in [0.15, 0.2) is 48.7 Å². The van der Waals surface area contributed by atoms with Gasteiger partial charge in [0.2, 0.25) is 5.88 Å². The molecule has 0 aliphatic heterocycles. The first kappa shape index (κ1) is 23.4. The van der Waals surface area contributed by atoms with Crippen LogP contribution >= 0.6 is 0 Å². The first-order valence-electron chi connectivity index (χ1n) is 9.04. The topological polar surface area (TPSA) is 104 Å². The summed E-state index contributed by atoms with van der Waals surface area (Å²) in [6, 6.07) is 7.55. The molecule has 2 amide bonds. The molecular formula is C21H14F5N3O4. The molecule has 2 aromatic carbocycles. The molecule has 3 rings (SSSR count). The third-order valence-corrected chi connectivity index (χ3v) is 4.17. The Hall–Kier alpha value is -4.22. The van der Waals surface area contributed by atoms with Crippen molar-refractivity contribution >= 4 is 17.5 Å². The number of ether oxygens (including phenoxy) is 2. The zero-order chi connectivity index (χ0) is 24.3. The van der Waals surface area contributed by atoms with Crippen molar-refractivity contribution in [3.05, 3.63) is 77.0 Å². The second-order valence-electron chi connectivity index (χ2n) is 6.56. The first-order valence-corrected chi connectivity index (χ1v) is 9.04. The minimum atomic E-state index is -4.94. The predicted molar refractivity (Wildman–Crippen MR) is 105 cm³/mol. The van der Waals surface area contributed by atoms with Gasteiger partial charge in [-0.05, 0) is 42.8 Å². The Labute approximate surface area is 182 Å². The molecule has 0 fully saturated rings. The Morgan fingerprint density at radius 2 is 1.79 bits per heavy atom. The summed E-state index contributed by atoms with van der Waals surface area (Å²) in [4.78, 5) is 27.5. The molecule has 1 aromatic heterocycles. The normalized spacial score (nSPS) is 11.1. The van der Waals surface area contributed by atoms with Gasteiger partial charge in [-0.2, -0.15) is 0 Å². The third-order valence-electron chi connectivity index (χ3n) is 4.17. The SMILES string of the molecule is Cc1ccc(Oc2ccc(OC(F)(F)F)nc2)c(C(=O)Nc2ccc(F)c(C(N)=O)c2)c1F. The minimum Gasteiger partial charge on any atom is -0.455 e. The van der Waals surface area contributed by atoms with Crippen molar-refractivity contribution in [3.8, 4) is 17.4 Å². The fraction of sp³-hybridized carbons (Fsp3) is 0.0952. The Balaban J connectivity index is 1.89. The minimum absolute atomic E-state index is 0.0441. The van der Waals surface area contributed by atoms with Gasteiger partial charge in [0.05, 0.1) is 11.8 Å². The van der Waals surface area contributed by atoms with Crippen LogP contribution in [0.25, 0.3) is 0 Å². The Bertz CT molecular complexity index is 1210. The molecule has 0 bridgehead atoms. The molecule has 0 aliphatic carbocycles. The van der Waals surface area contributed by atoms with E-state index in [0.29, 0.717) is 0 Å². The molecule has 0 radical (unpaired) electrons. The monoisotopic (exact) mass is 467 g/mol. The van der Waals surface area contributed by atoms with Crippen LogP contribution in [-0.2, 0) is 0 Å². The van der Waals surface area contributed by atoms with E-state index < -0.39 is 46.8 Å². The maximum absolute atomic E-state index is 14.8. The number of pyridine rings is 1. The molecule has 0 atom stereocenters. The van der Waals surface area contributed by atoms with Crippen LogP contribution in [0.5, 0.6) is 17.4 Å². The van der Waals surface area contributed by atoms with Crippen LogP contribution in [0.4, 0.5) is 27.6 Å². The molecule has 0 unspecified atom stereocenters. The molecule has 172 valence electrons. The maximum Gasteiger partial charge on any atom is 0.574 e. The molecular weight excluding hydrogens is 453 g/mol. The van der Waals surface area contributed by atoms with Crippen LogP contribution in [0.1, 0.15) is 26.3 Å². The molecule has 0 spiro atoms. The molecule has 7 nitrogen and oxygen atoms in total. The van der Waals surface area contributed by atoms with Crippen molar-refractivity contribution in [2.45, 2.75) is 13.3 Å². The van der Waals surface area contributed by atoms with Crippen LogP contribution in [-0.4, -0.2) is 23.2 Å². The molecule has 0 saturated carbocycles. The van der Waals surface area contributed by atoms with Gasteiger partial charge in [0.15, 0.2) is 0 Å². The van der Waals surface area contributed by atoms with E-state index in [-0.39, 0.29) is 22.7 Å². The number of nitrogens with zero attached hydrogens (tertiary/aromatic N) is 1. The molecule has 0 aliphatic rings. The third kappa shape index (κ3) is 5.73. The van der Waals surface area contributed by atoms with Gasteiger partial charge in [-0.3, -0.25) is 9.59 Å². The van der Waals surface area contributed by atoms with Crippen molar-refractivity contribution in [1.82, 2.24) is 4.98 Å². The lowest BCUT2D eigenvalue weighted by molar-refractivity contribution is -0.276. The summed E-state index contributed by atoms with van der Waals surface area (Å²) in [5.74, 6) is -5.05. The molecule has 0 saturated heterocycles. The van der Waals surface area contributed by atoms with E-state index >= 15 is 0 Å². The number of hydrogen-bond donors (Lipinski definition) is 2. The smallest absolute Gasteiger partial charge is 0.455 e. The number of nitrogens with one attached hydrogen (secondary N) is 1. The maximum atomic E-state index is 14.8. The van der Waals surface area contributed by atoms with Gasteiger partial charge >= 0.3 is 6.36 Å². The van der Waals surface area contributed by atoms with E-state index in [0.717, 1.165) is 36.5 Å². The van der Waals surface area contributed by atoms with Gasteiger partial charge in [0.1, 0.15) is 28.7 Å². The van der Waals surface area contributed by atoms with Crippen LogP contribution in [0.3, 0.4) is 0 Å². The number of aryl methyl sites for hydroxylation is 1. The highest BCUT2D eigenvalue weighted by molar-refractivity contribution is 6.07. The van der Waals surface area contributed by atoms with E-state index in [4.69, 9.17) is 10.5 Å². The molecule has 1 heterocycles. The number of halogens is 5. The number of nitrogens with two attached hydrogens (primary N) is 1. The number of amides is 2. The van der Waals surface area contributed by atoms with E-state index in [1.165, 1.54) is 19.1 Å². The Morgan fingerprint density at radius 3 is 2.39 bits per heavy atom. The van der Waals surface area contributed by atoms with E-state index in [1.807, 2.05) is 0 Å². The standard InChI is InChI=1S/C21H14F5N3O4/c1-10-2-6-15(32-12-4-7-16(28-9-12)33-21(24,25)26)17(18(10)23)20(31)29-11-3-5-14(22)13(8-11)19(27)30/h2-9H,1H3,(H2,27,30)(H,29,31). The molecule has 12 heteroatoms. The highest BCUT2D eigenvalue weighted by atomic mass is 19.4. The zero-order valence-corrected chi connectivity index (χ0v) is 16.7. The van der Waals surface area contributed by atoms with Crippen molar-refractivity contribution in [2.75, 3.05) is 5.32 Å². The van der Waals surface area contributed by atoms with Gasteiger partial charge in [0, 0.05) is 11.8 Å². The number of anilines is 1. The number of rotatable bonds is 6. The van der Waals surface area contributed by atoms with Gasteiger partial charge in [-0.15, -0.1) is 13.2 Å². The lowest BCUT2D eigenvalue weighted by atomic mass is 10.1. The zero-order valence-electron chi connectivity index (χ0n) is 16.7. The fourth-order valence-corrected chi connectivity index (χ4v) is 2.68. The van der Waals surface area contributed by atoms with E-state index in [9.17, 15) is 31.5 Å². The average molecular weight is 467 g/mol. The van der Waals surface area contributed by atoms with Crippen molar-refractivity contribution in [2.24, 2.45) is 5.73 Å². The molecule has 33 heavy (non-hydrogen) atoms. The molecule has 3 N–H and O–H groups in total. The number of aromatic nitrogens is 1. The lowest BCUT2D eigenvalue weighted by Crippen LogP contribution is -2.18. The van der Waals surface area contributed by atoms with Gasteiger partial charge < -0.3 is 20.5 Å². The quantitative estimate of drug-likeness (QED) is 0.511. The second kappa shape index (κ2) is 9.10. The summed E-state index contributed by atoms with van der Waals surface area (Å²) in [5, 5.41) is 2.32. The van der Waals surface area contributed by atoms with Gasteiger partial charge in [0.25, 0.3) is 11.8 Å². The summed E-state index contributed by atoms with van der Waals surface area (Å²) in [5.41, 5.74) is 4.09. The number of primary amides is 1. The summed E-state index contributed by atoms with van der Waals surface area (Å²) in [7, 11) is 0. The second-order valence-corrected chi connectivity index (χ2v) is 6.56. The van der Waals surface area contributed by atoms with E-state index in [1.54, 1.807) is 0 Å². The Kier molecular flexibility index (Phi) is 6.47. The lowest BCUT2D eigenvalue weighted by Gasteiger charge is -2.14. The summed E-state index contributed by atoms with van der Waals surface area (Å²) in [6.07, 6.45) is -4.05. The number of alkyl halides is 3. The number of carbonyl (C=O) groups excluding carboxylic acids is 2. The number of hydrogen-bond acceptors (Lipinski definition) is 5. The average Bonchev–Trinajstić information content (AvgIpc) is 2.72. The highest BCUT2D eigenvalue weighted by Crippen LogP contribution is 2.31. The predicted octanol–water partition coefficient (Wildman–Crippen LogP) is 4.71. The summed E-state index contributed by atoms with van der Waals surface area (Å²) in [6.45, 7) is 1.39. The van der Waals surface area contributed by atoms with E-state index in [2.05, 4.69) is 15.0 Å². The number of carbonyl (C=O) groups is 2. The van der Waals surface area contributed by atoms with Crippen LogP contribution in [0, 0.1) is 18.6 Å². The summed E-state index contributed by atoms with van der Waals surface area (Å²) < 4.78 is 74.3. The van der Waals surface area contributed by atoms with Crippen LogP contribution in [0.2, 0.25) is 0 Å². The first-order chi connectivity index (χ1) is 15.4. The number of benzene rings is 2. The van der Waals surface area contributed by atoms with Gasteiger partial charge in [-0.25, -0.2) is 13.8 Å². The fourth-order valence-electron chi connectivity index (χ4n) is 2.68. The van der Waals surface area contributed by atoms with Gasteiger partial charge in [-0.1, -0.05) is 6.07 Å². The van der Waals surface area contributed by atoms with Crippen LogP contribution < -0.4 is 20.5 Å².